The molecule has 2 N–H and O–H groups in total. The Kier molecular flexibility index (Phi) is 5.58. The topological polar surface area (TPSA) is 78.9 Å². The number of piperidine rings is 2. The van der Waals surface area contributed by atoms with Crippen molar-refractivity contribution >= 4 is 11.8 Å². The number of nitrogens with zero attached hydrogens (tertiary/aromatic N) is 1. The second-order valence-corrected chi connectivity index (χ2v) is 6.90. The van der Waals surface area contributed by atoms with Gasteiger partial charge in [-0.1, -0.05) is 18.2 Å². The van der Waals surface area contributed by atoms with Crippen molar-refractivity contribution in [2.24, 2.45) is 5.41 Å². The highest BCUT2D eigenvalue weighted by atomic mass is 16.5. The van der Waals surface area contributed by atoms with Gasteiger partial charge in [-0.15, -0.1) is 0 Å². The molecular weight excluding hydrogens is 320 g/mol. The molecule has 1 spiro atoms. The van der Waals surface area contributed by atoms with Crippen LogP contribution in [0.15, 0.2) is 30.3 Å². The van der Waals surface area contributed by atoms with Crippen molar-refractivity contribution in [1.82, 2.24) is 10.2 Å². The number of likely N-dealkylation sites (tertiary alicyclic amines) is 1. The van der Waals surface area contributed by atoms with Crippen molar-refractivity contribution in [1.29, 1.82) is 0 Å². The lowest BCUT2D eigenvalue weighted by Gasteiger charge is -2.46. The number of carbonyl (C=O) groups is 2. The van der Waals surface area contributed by atoms with Gasteiger partial charge < -0.3 is 20.1 Å². The van der Waals surface area contributed by atoms with Crippen LogP contribution in [-0.4, -0.2) is 54.2 Å². The zero-order valence-electron chi connectivity index (χ0n) is 14.4. The third kappa shape index (κ3) is 3.95. The number of amides is 2. The van der Waals surface area contributed by atoms with Crippen molar-refractivity contribution in [3.63, 3.8) is 0 Å². The van der Waals surface area contributed by atoms with Crippen molar-refractivity contribution in [3.8, 4) is 5.75 Å². The maximum Gasteiger partial charge on any atom is 0.230 e. The highest BCUT2D eigenvalue weighted by Crippen LogP contribution is 2.37. The summed E-state index contributed by atoms with van der Waals surface area (Å²) >= 11 is 0. The van der Waals surface area contributed by atoms with E-state index >= 15 is 0 Å². The first-order valence-electron chi connectivity index (χ1n) is 9.04. The van der Waals surface area contributed by atoms with Gasteiger partial charge in [-0.25, -0.2) is 0 Å². The molecule has 6 nitrogen and oxygen atoms in total. The minimum Gasteiger partial charge on any atom is -0.494 e. The van der Waals surface area contributed by atoms with E-state index in [0.717, 1.165) is 12.2 Å². The van der Waals surface area contributed by atoms with Crippen molar-refractivity contribution in [3.05, 3.63) is 30.3 Å². The van der Waals surface area contributed by atoms with E-state index in [1.165, 1.54) is 0 Å². The Morgan fingerprint density at radius 2 is 2.16 bits per heavy atom. The third-order valence-corrected chi connectivity index (χ3v) is 5.22. The third-order valence-electron chi connectivity index (χ3n) is 5.22. The molecule has 2 aliphatic heterocycles. The number of hydrogen-bond acceptors (Lipinski definition) is 4. The Morgan fingerprint density at radius 1 is 1.36 bits per heavy atom. The van der Waals surface area contributed by atoms with Crippen LogP contribution in [-0.2, 0) is 9.59 Å². The van der Waals surface area contributed by atoms with Gasteiger partial charge in [0.1, 0.15) is 5.75 Å². The molecule has 2 aliphatic rings. The van der Waals surface area contributed by atoms with E-state index in [4.69, 9.17) is 4.74 Å². The van der Waals surface area contributed by atoms with Crippen LogP contribution in [0.5, 0.6) is 5.75 Å². The molecule has 0 unspecified atom stereocenters. The molecule has 2 amide bonds. The first-order valence-corrected chi connectivity index (χ1v) is 9.04. The lowest BCUT2D eigenvalue weighted by molar-refractivity contribution is -0.154. The minimum absolute atomic E-state index is 0.0290. The van der Waals surface area contributed by atoms with E-state index in [9.17, 15) is 14.7 Å². The number of aliphatic hydroxyl groups excluding tert-OH is 1. The fourth-order valence-corrected chi connectivity index (χ4v) is 3.74. The summed E-state index contributed by atoms with van der Waals surface area (Å²) in [5.41, 5.74) is -0.827. The minimum atomic E-state index is -0.827. The molecule has 0 saturated carbocycles. The molecule has 1 aromatic carbocycles. The van der Waals surface area contributed by atoms with E-state index < -0.39 is 11.5 Å². The molecule has 3 rings (SSSR count). The van der Waals surface area contributed by atoms with E-state index in [2.05, 4.69) is 5.32 Å². The monoisotopic (exact) mass is 346 g/mol. The fourth-order valence-electron chi connectivity index (χ4n) is 3.74. The summed E-state index contributed by atoms with van der Waals surface area (Å²) in [5, 5.41) is 13.2. The van der Waals surface area contributed by atoms with Crippen LogP contribution in [0, 0.1) is 5.41 Å². The second kappa shape index (κ2) is 7.87. The summed E-state index contributed by atoms with van der Waals surface area (Å²) in [4.78, 5) is 26.6. The molecule has 2 fully saturated rings. The molecule has 25 heavy (non-hydrogen) atoms. The van der Waals surface area contributed by atoms with E-state index in [1.54, 1.807) is 4.90 Å². The van der Waals surface area contributed by atoms with Gasteiger partial charge in [0.2, 0.25) is 11.8 Å². The first kappa shape index (κ1) is 17.7. The van der Waals surface area contributed by atoms with Gasteiger partial charge in [0.25, 0.3) is 0 Å². The van der Waals surface area contributed by atoms with Crippen molar-refractivity contribution in [2.75, 3.05) is 26.2 Å². The smallest absolute Gasteiger partial charge is 0.230 e. The highest BCUT2D eigenvalue weighted by molar-refractivity contribution is 5.86. The zero-order valence-corrected chi connectivity index (χ0v) is 14.4. The maximum atomic E-state index is 12.5. The van der Waals surface area contributed by atoms with E-state index in [-0.39, 0.29) is 11.8 Å². The number of rotatable bonds is 5. The molecule has 2 saturated heterocycles. The molecule has 1 aromatic rings. The zero-order chi connectivity index (χ0) is 17.7. The largest absolute Gasteiger partial charge is 0.494 e. The van der Waals surface area contributed by atoms with Crippen LogP contribution in [0.3, 0.4) is 0 Å². The standard InChI is InChI=1S/C19H26N2O4/c22-16-9-12-21(14-19(16)10-5-11-20-18(19)24)17(23)8-4-13-25-15-6-2-1-3-7-15/h1-3,6-7,16,22H,4-5,8-14H2,(H,20,24)/t16-,19-/m1/s1. The van der Waals surface area contributed by atoms with Gasteiger partial charge in [0.15, 0.2) is 0 Å². The molecule has 0 aromatic heterocycles. The summed E-state index contributed by atoms with van der Waals surface area (Å²) in [6, 6.07) is 9.53. The first-order chi connectivity index (χ1) is 12.1. The number of aliphatic hydroxyl groups is 1. The molecule has 0 bridgehead atoms. The van der Waals surface area contributed by atoms with Gasteiger partial charge >= 0.3 is 0 Å². The Balaban J connectivity index is 1.49. The lowest BCUT2D eigenvalue weighted by atomic mass is 9.71. The molecule has 0 radical (unpaired) electrons. The summed E-state index contributed by atoms with van der Waals surface area (Å²) < 4.78 is 5.61. The highest BCUT2D eigenvalue weighted by Gasteiger charge is 2.50. The van der Waals surface area contributed by atoms with Crippen LogP contribution in [0.2, 0.25) is 0 Å². The summed E-state index contributed by atoms with van der Waals surface area (Å²) in [6.07, 6.45) is 2.29. The molecular formula is C19H26N2O4. The second-order valence-electron chi connectivity index (χ2n) is 6.90. The number of carbonyl (C=O) groups excluding carboxylic acids is 2. The molecule has 6 heteroatoms. The number of ether oxygens (including phenoxy) is 1. The average Bonchev–Trinajstić information content (AvgIpc) is 2.64. The molecule has 0 aliphatic carbocycles. The number of para-hydroxylation sites is 1. The van der Waals surface area contributed by atoms with Crippen LogP contribution >= 0.6 is 0 Å². The van der Waals surface area contributed by atoms with Crippen LogP contribution < -0.4 is 10.1 Å². The van der Waals surface area contributed by atoms with Crippen LogP contribution in [0.25, 0.3) is 0 Å². The molecule has 2 heterocycles. The number of benzene rings is 1. The Morgan fingerprint density at radius 3 is 2.92 bits per heavy atom. The normalized spacial score (nSPS) is 26.4. The van der Waals surface area contributed by atoms with Gasteiger partial charge in [-0.2, -0.15) is 0 Å². The number of hydrogen-bond donors (Lipinski definition) is 2. The van der Waals surface area contributed by atoms with Crippen molar-refractivity contribution in [2.45, 2.75) is 38.2 Å². The Bertz CT molecular complexity index is 607. The van der Waals surface area contributed by atoms with Crippen LogP contribution in [0.1, 0.15) is 32.1 Å². The predicted molar refractivity (Wildman–Crippen MR) is 93.1 cm³/mol. The van der Waals surface area contributed by atoms with Crippen molar-refractivity contribution < 1.29 is 19.4 Å². The molecule has 2 atom stereocenters. The quantitative estimate of drug-likeness (QED) is 0.789. The van der Waals surface area contributed by atoms with Gasteiger partial charge in [0.05, 0.1) is 18.1 Å². The van der Waals surface area contributed by atoms with E-state index in [0.29, 0.717) is 51.9 Å². The van der Waals surface area contributed by atoms with Gasteiger partial charge in [0, 0.05) is 26.1 Å². The summed E-state index contributed by atoms with van der Waals surface area (Å²) in [6.45, 7) is 1.96. The summed E-state index contributed by atoms with van der Waals surface area (Å²) in [5.74, 6) is 0.714. The van der Waals surface area contributed by atoms with Gasteiger partial charge in [-0.3, -0.25) is 9.59 Å². The maximum absolute atomic E-state index is 12.5. The fraction of sp³-hybridized carbons (Fsp3) is 0.579. The summed E-state index contributed by atoms with van der Waals surface area (Å²) in [7, 11) is 0. The van der Waals surface area contributed by atoms with E-state index in [1.807, 2.05) is 30.3 Å². The predicted octanol–water partition coefficient (Wildman–Crippen LogP) is 1.34. The average molecular weight is 346 g/mol. The Labute approximate surface area is 148 Å². The van der Waals surface area contributed by atoms with Gasteiger partial charge in [-0.05, 0) is 37.8 Å². The SMILES string of the molecule is O=C(CCCOc1ccccc1)N1CC[C@@H](O)[C@@]2(CCCNC2=O)C1. The van der Waals surface area contributed by atoms with Crippen LogP contribution in [0.4, 0.5) is 0 Å². The number of nitrogens with one attached hydrogen (secondary N) is 1. The Hall–Kier alpha value is -2.08. The lowest BCUT2D eigenvalue weighted by Crippen LogP contribution is -2.62. The molecule has 136 valence electrons.